The number of ether oxygens (including phenoxy) is 1. The number of carbonyl (C=O) groups is 1. The highest BCUT2D eigenvalue weighted by atomic mass is 32.1. The van der Waals surface area contributed by atoms with Gasteiger partial charge in [-0.15, -0.1) is 0 Å². The van der Waals surface area contributed by atoms with Crippen LogP contribution < -0.4 is 10.1 Å². The number of thiophene rings is 1. The Labute approximate surface area is 176 Å². The SMILES string of the molecule is COc1ccc(-c2ccccc2NC(=O)[C@H]2CCCN(Cc3ccsc3)C2)cc1. The number of nitrogens with one attached hydrogen (secondary N) is 1. The maximum atomic E-state index is 13.0. The summed E-state index contributed by atoms with van der Waals surface area (Å²) in [7, 11) is 1.66. The third kappa shape index (κ3) is 4.86. The number of likely N-dealkylation sites (tertiary alicyclic amines) is 1. The van der Waals surface area contributed by atoms with Crippen molar-refractivity contribution >= 4 is 22.9 Å². The second kappa shape index (κ2) is 9.25. The van der Waals surface area contributed by atoms with Crippen LogP contribution in [0.25, 0.3) is 11.1 Å². The number of para-hydroxylation sites is 1. The number of benzene rings is 2. The van der Waals surface area contributed by atoms with E-state index in [0.717, 1.165) is 55.0 Å². The van der Waals surface area contributed by atoms with Gasteiger partial charge in [-0.05, 0) is 65.5 Å². The molecule has 1 aliphatic heterocycles. The van der Waals surface area contributed by atoms with Crippen LogP contribution in [0.1, 0.15) is 18.4 Å². The normalized spacial score (nSPS) is 17.1. The van der Waals surface area contributed by atoms with Crippen LogP contribution in [0.5, 0.6) is 5.75 Å². The van der Waals surface area contributed by atoms with Gasteiger partial charge in [-0.25, -0.2) is 0 Å². The molecule has 2 aromatic carbocycles. The highest BCUT2D eigenvalue weighted by Crippen LogP contribution is 2.30. The van der Waals surface area contributed by atoms with Gasteiger partial charge in [0, 0.05) is 24.3 Å². The monoisotopic (exact) mass is 406 g/mol. The molecule has 0 saturated carbocycles. The molecule has 1 atom stereocenters. The average molecular weight is 407 g/mol. The number of piperidine rings is 1. The summed E-state index contributed by atoms with van der Waals surface area (Å²) in [5.74, 6) is 0.954. The zero-order valence-electron chi connectivity index (χ0n) is 16.6. The predicted molar refractivity (Wildman–Crippen MR) is 119 cm³/mol. The zero-order valence-corrected chi connectivity index (χ0v) is 17.5. The summed E-state index contributed by atoms with van der Waals surface area (Å²) in [6.07, 6.45) is 2.00. The molecule has 0 aliphatic carbocycles. The van der Waals surface area contributed by atoms with Crippen molar-refractivity contribution in [3.05, 3.63) is 70.9 Å². The molecule has 3 aromatic rings. The standard InChI is InChI=1S/C24H26N2O2S/c1-28-21-10-8-19(9-11-21)22-6-2-3-7-23(22)25-24(27)20-5-4-13-26(16-20)15-18-12-14-29-17-18/h2-3,6-12,14,17,20H,4-5,13,15-16H2,1H3,(H,25,27)/t20-/m0/s1. The van der Waals surface area contributed by atoms with Crippen molar-refractivity contribution in [2.75, 3.05) is 25.5 Å². The first-order chi connectivity index (χ1) is 14.2. The molecular formula is C24H26N2O2S. The molecule has 4 rings (SSSR count). The van der Waals surface area contributed by atoms with E-state index in [1.54, 1.807) is 18.4 Å². The zero-order chi connectivity index (χ0) is 20.1. The van der Waals surface area contributed by atoms with E-state index in [2.05, 4.69) is 27.0 Å². The van der Waals surface area contributed by atoms with Gasteiger partial charge in [0.05, 0.1) is 13.0 Å². The van der Waals surface area contributed by atoms with Crippen LogP contribution in [0.15, 0.2) is 65.4 Å². The molecule has 1 amide bonds. The Hall–Kier alpha value is -2.63. The smallest absolute Gasteiger partial charge is 0.228 e. The van der Waals surface area contributed by atoms with E-state index < -0.39 is 0 Å². The third-order valence-corrected chi connectivity index (χ3v) is 6.18. The van der Waals surface area contributed by atoms with Gasteiger partial charge in [0.15, 0.2) is 0 Å². The molecule has 1 aliphatic rings. The van der Waals surface area contributed by atoms with Gasteiger partial charge in [-0.2, -0.15) is 11.3 Å². The minimum absolute atomic E-state index is 0.0197. The van der Waals surface area contributed by atoms with E-state index in [0.29, 0.717) is 0 Å². The highest BCUT2D eigenvalue weighted by molar-refractivity contribution is 7.07. The van der Waals surface area contributed by atoms with Gasteiger partial charge in [-0.1, -0.05) is 30.3 Å². The fraction of sp³-hybridized carbons (Fsp3) is 0.292. The fourth-order valence-corrected chi connectivity index (χ4v) is 4.56. The van der Waals surface area contributed by atoms with Crippen LogP contribution in [-0.4, -0.2) is 31.0 Å². The van der Waals surface area contributed by atoms with E-state index in [1.807, 2.05) is 48.5 Å². The van der Waals surface area contributed by atoms with E-state index in [1.165, 1.54) is 5.56 Å². The second-order valence-corrected chi connectivity index (χ2v) is 8.25. The van der Waals surface area contributed by atoms with Crippen molar-refractivity contribution in [3.63, 3.8) is 0 Å². The number of rotatable bonds is 6. The predicted octanol–water partition coefficient (Wildman–Crippen LogP) is 5.27. The number of hydrogen-bond donors (Lipinski definition) is 1. The summed E-state index contributed by atoms with van der Waals surface area (Å²) >= 11 is 1.72. The number of amides is 1. The van der Waals surface area contributed by atoms with Gasteiger partial charge in [-0.3, -0.25) is 9.69 Å². The number of anilines is 1. The van der Waals surface area contributed by atoms with Crippen molar-refractivity contribution in [2.45, 2.75) is 19.4 Å². The molecule has 0 bridgehead atoms. The fourth-order valence-electron chi connectivity index (χ4n) is 3.90. The van der Waals surface area contributed by atoms with E-state index in [4.69, 9.17) is 4.74 Å². The summed E-state index contributed by atoms with van der Waals surface area (Å²) in [4.78, 5) is 15.4. The molecule has 0 unspecified atom stereocenters. The van der Waals surface area contributed by atoms with Crippen LogP contribution in [-0.2, 0) is 11.3 Å². The lowest BCUT2D eigenvalue weighted by atomic mass is 9.96. The van der Waals surface area contributed by atoms with Crippen molar-refractivity contribution < 1.29 is 9.53 Å². The summed E-state index contributed by atoms with van der Waals surface area (Å²) in [6, 6.07) is 18.1. The van der Waals surface area contributed by atoms with Crippen molar-refractivity contribution in [1.82, 2.24) is 4.90 Å². The summed E-state index contributed by atoms with van der Waals surface area (Å²) in [6.45, 7) is 2.80. The first kappa shape index (κ1) is 19.7. The average Bonchev–Trinajstić information content (AvgIpc) is 3.27. The van der Waals surface area contributed by atoms with Gasteiger partial charge in [0.1, 0.15) is 5.75 Å². The van der Waals surface area contributed by atoms with E-state index >= 15 is 0 Å². The largest absolute Gasteiger partial charge is 0.497 e. The lowest BCUT2D eigenvalue weighted by Crippen LogP contribution is -2.40. The Bertz CT molecular complexity index is 938. The molecule has 1 aromatic heterocycles. The minimum Gasteiger partial charge on any atom is -0.497 e. The Morgan fingerprint density at radius 3 is 2.76 bits per heavy atom. The van der Waals surface area contributed by atoms with Gasteiger partial charge in [0.25, 0.3) is 0 Å². The molecule has 1 N–H and O–H groups in total. The molecule has 1 saturated heterocycles. The van der Waals surface area contributed by atoms with Crippen LogP contribution in [0.4, 0.5) is 5.69 Å². The Balaban J connectivity index is 1.45. The van der Waals surface area contributed by atoms with Crippen molar-refractivity contribution in [1.29, 1.82) is 0 Å². The summed E-state index contributed by atoms with van der Waals surface area (Å²) in [5.41, 5.74) is 4.28. The quantitative estimate of drug-likeness (QED) is 0.606. The number of carbonyl (C=O) groups excluding carboxylic acids is 1. The first-order valence-electron chi connectivity index (χ1n) is 10.0. The van der Waals surface area contributed by atoms with Crippen LogP contribution in [0.3, 0.4) is 0 Å². The number of methoxy groups -OCH3 is 1. The minimum atomic E-state index is 0.0197. The summed E-state index contributed by atoms with van der Waals surface area (Å²) in [5, 5.41) is 7.49. The number of nitrogens with zero attached hydrogens (tertiary/aromatic N) is 1. The molecule has 4 nitrogen and oxygen atoms in total. The Kier molecular flexibility index (Phi) is 6.27. The van der Waals surface area contributed by atoms with Gasteiger partial charge < -0.3 is 10.1 Å². The molecule has 29 heavy (non-hydrogen) atoms. The molecule has 1 fully saturated rings. The van der Waals surface area contributed by atoms with Crippen molar-refractivity contribution in [2.24, 2.45) is 5.92 Å². The first-order valence-corrected chi connectivity index (χ1v) is 10.9. The van der Waals surface area contributed by atoms with E-state index in [-0.39, 0.29) is 11.8 Å². The van der Waals surface area contributed by atoms with Gasteiger partial charge in [0.2, 0.25) is 5.91 Å². The van der Waals surface area contributed by atoms with Gasteiger partial charge >= 0.3 is 0 Å². The van der Waals surface area contributed by atoms with Crippen LogP contribution in [0, 0.1) is 5.92 Å². The Morgan fingerprint density at radius 2 is 2.00 bits per heavy atom. The third-order valence-electron chi connectivity index (χ3n) is 5.45. The molecule has 0 radical (unpaired) electrons. The maximum Gasteiger partial charge on any atom is 0.228 e. The van der Waals surface area contributed by atoms with E-state index in [9.17, 15) is 4.79 Å². The molecule has 0 spiro atoms. The molecule has 5 heteroatoms. The lowest BCUT2D eigenvalue weighted by Gasteiger charge is -2.32. The Morgan fingerprint density at radius 1 is 1.17 bits per heavy atom. The molecule has 150 valence electrons. The number of hydrogen-bond acceptors (Lipinski definition) is 4. The molecule has 2 heterocycles. The van der Waals surface area contributed by atoms with Crippen LogP contribution in [0.2, 0.25) is 0 Å². The topological polar surface area (TPSA) is 41.6 Å². The van der Waals surface area contributed by atoms with Crippen molar-refractivity contribution in [3.8, 4) is 16.9 Å². The second-order valence-electron chi connectivity index (χ2n) is 7.47. The summed E-state index contributed by atoms with van der Waals surface area (Å²) < 4.78 is 5.25. The lowest BCUT2D eigenvalue weighted by molar-refractivity contribution is -0.121. The van der Waals surface area contributed by atoms with Crippen LogP contribution >= 0.6 is 11.3 Å². The maximum absolute atomic E-state index is 13.0. The molecular weight excluding hydrogens is 380 g/mol. The highest BCUT2D eigenvalue weighted by Gasteiger charge is 2.26.